The van der Waals surface area contributed by atoms with E-state index in [4.69, 9.17) is 20.9 Å². The van der Waals surface area contributed by atoms with Gasteiger partial charge in [-0.25, -0.2) is 0 Å². The largest absolute Gasteiger partial charge is 0.451 e. The van der Waals surface area contributed by atoms with E-state index in [2.05, 4.69) is 0 Å². The van der Waals surface area contributed by atoms with E-state index in [-0.39, 0.29) is 12.1 Å². The SMILES string of the molecule is CC.CCB(O)O.N[C@H]1CCCC[C@H]1O. The zero-order valence-electron chi connectivity index (χ0n) is 10.2. The minimum absolute atomic E-state index is 0.0590. The van der Waals surface area contributed by atoms with Gasteiger partial charge in [0, 0.05) is 6.04 Å². The summed E-state index contributed by atoms with van der Waals surface area (Å²) in [6, 6.07) is 0.0590. The van der Waals surface area contributed by atoms with Gasteiger partial charge in [0.25, 0.3) is 0 Å². The Morgan fingerprint density at radius 2 is 1.60 bits per heavy atom. The average molecular weight is 219 g/mol. The highest BCUT2D eigenvalue weighted by atomic mass is 16.4. The summed E-state index contributed by atoms with van der Waals surface area (Å²) in [4.78, 5) is 0. The zero-order chi connectivity index (χ0) is 12.3. The van der Waals surface area contributed by atoms with E-state index in [0.29, 0.717) is 6.32 Å². The topological polar surface area (TPSA) is 86.7 Å². The molecule has 1 aliphatic carbocycles. The van der Waals surface area contributed by atoms with Crippen LogP contribution >= 0.6 is 0 Å². The van der Waals surface area contributed by atoms with Gasteiger partial charge in [-0.15, -0.1) is 0 Å². The van der Waals surface area contributed by atoms with Crippen LogP contribution in [0.15, 0.2) is 0 Å². The first kappa shape index (κ1) is 17.3. The maximum absolute atomic E-state index is 9.05. The Labute approximate surface area is 93.6 Å². The Bertz CT molecular complexity index is 115. The molecule has 0 amide bonds. The summed E-state index contributed by atoms with van der Waals surface area (Å²) >= 11 is 0. The highest BCUT2D eigenvalue weighted by Gasteiger charge is 2.17. The van der Waals surface area contributed by atoms with Gasteiger partial charge >= 0.3 is 7.12 Å². The van der Waals surface area contributed by atoms with Gasteiger partial charge in [0.1, 0.15) is 0 Å². The first-order chi connectivity index (χ1) is 7.07. The fourth-order valence-corrected chi connectivity index (χ4v) is 1.14. The second-order valence-corrected chi connectivity index (χ2v) is 3.40. The van der Waals surface area contributed by atoms with Gasteiger partial charge in [-0.05, 0) is 19.2 Å². The van der Waals surface area contributed by atoms with Crippen LogP contribution < -0.4 is 5.73 Å². The normalized spacial score (nSPS) is 24.2. The molecular formula is C10H26BNO3. The molecule has 0 heterocycles. The Morgan fingerprint density at radius 3 is 1.80 bits per heavy atom. The Kier molecular flexibility index (Phi) is 13.8. The molecule has 0 bridgehead atoms. The van der Waals surface area contributed by atoms with Crippen molar-refractivity contribution in [1.29, 1.82) is 0 Å². The second kappa shape index (κ2) is 12.0. The fourth-order valence-electron chi connectivity index (χ4n) is 1.14. The predicted molar refractivity (Wildman–Crippen MR) is 64.5 cm³/mol. The van der Waals surface area contributed by atoms with Gasteiger partial charge in [0.05, 0.1) is 6.10 Å². The first-order valence-electron chi connectivity index (χ1n) is 5.87. The van der Waals surface area contributed by atoms with Crippen LogP contribution in [-0.2, 0) is 0 Å². The molecule has 5 N–H and O–H groups in total. The van der Waals surface area contributed by atoms with Gasteiger partial charge < -0.3 is 20.9 Å². The molecule has 0 saturated heterocycles. The van der Waals surface area contributed by atoms with Crippen LogP contribution in [0.1, 0.15) is 46.5 Å². The van der Waals surface area contributed by atoms with Crippen molar-refractivity contribution in [2.24, 2.45) is 5.73 Å². The highest BCUT2D eigenvalue weighted by Crippen LogP contribution is 2.15. The summed E-state index contributed by atoms with van der Waals surface area (Å²) in [5, 5.41) is 24.9. The van der Waals surface area contributed by atoms with Crippen molar-refractivity contribution < 1.29 is 15.2 Å². The molecule has 0 radical (unpaired) electrons. The third kappa shape index (κ3) is 11.8. The maximum atomic E-state index is 9.05. The van der Waals surface area contributed by atoms with Crippen LogP contribution in [0.5, 0.6) is 0 Å². The number of nitrogens with two attached hydrogens (primary N) is 1. The van der Waals surface area contributed by atoms with Crippen LogP contribution in [-0.4, -0.2) is 34.4 Å². The van der Waals surface area contributed by atoms with Crippen LogP contribution in [0.2, 0.25) is 6.32 Å². The van der Waals surface area contributed by atoms with E-state index in [0.717, 1.165) is 19.3 Å². The minimum Gasteiger partial charge on any atom is -0.427 e. The number of aliphatic hydroxyl groups excluding tert-OH is 1. The monoisotopic (exact) mass is 219 g/mol. The minimum atomic E-state index is -1.12. The lowest BCUT2D eigenvalue weighted by molar-refractivity contribution is 0.108. The number of hydrogen-bond donors (Lipinski definition) is 4. The van der Waals surface area contributed by atoms with E-state index in [1.807, 2.05) is 13.8 Å². The van der Waals surface area contributed by atoms with Crippen molar-refractivity contribution in [2.75, 3.05) is 0 Å². The number of aliphatic hydroxyl groups is 1. The first-order valence-corrected chi connectivity index (χ1v) is 5.87. The maximum Gasteiger partial charge on any atom is 0.451 e. The van der Waals surface area contributed by atoms with Gasteiger partial charge in [0.15, 0.2) is 0 Å². The molecule has 92 valence electrons. The van der Waals surface area contributed by atoms with Crippen LogP contribution in [0.4, 0.5) is 0 Å². The summed E-state index contributed by atoms with van der Waals surface area (Å²) in [5.74, 6) is 0. The molecule has 15 heavy (non-hydrogen) atoms. The standard InChI is InChI=1S/C6H13NO.C2H7BO2.C2H6/c7-5-3-1-2-4-6(5)8;1-2-3(4)5;1-2/h5-6,8H,1-4,7H2;4-5H,2H2,1H3;1-2H3/t5-,6+;;/m0../s1. The number of rotatable bonds is 1. The van der Waals surface area contributed by atoms with Crippen LogP contribution in [0.25, 0.3) is 0 Å². The summed E-state index contributed by atoms with van der Waals surface area (Å²) in [6.07, 6.45) is 4.44. The van der Waals surface area contributed by atoms with Gasteiger partial charge in [-0.2, -0.15) is 0 Å². The second-order valence-electron chi connectivity index (χ2n) is 3.40. The quantitative estimate of drug-likeness (QED) is 0.490. The van der Waals surface area contributed by atoms with Crippen molar-refractivity contribution in [3.63, 3.8) is 0 Å². The molecule has 2 atom stereocenters. The van der Waals surface area contributed by atoms with Crippen LogP contribution in [0, 0.1) is 0 Å². The van der Waals surface area contributed by atoms with E-state index >= 15 is 0 Å². The molecule has 0 aromatic rings. The molecule has 1 saturated carbocycles. The zero-order valence-corrected chi connectivity index (χ0v) is 10.2. The third-order valence-electron chi connectivity index (χ3n) is 2.15. The van der Waals surface area contributed by atoms with Gasteiger partial charge in [-0.3, -0.25) is 0 Å². The molecule has 0 spiro atoms. The molecule has 1 aliphatic rings. The highest BCUT2D eigenvalue weighted by molar-refractivity contribution is 6.40. The van der Waals surface area contributed by atoms with Crippen molar-refractivity contribution in [3.8, 4) is 0 Å². The Balaban J connectivity index is 0. The van der Waals surface area contributed by atoms with E-state index < -0.39 is 7.12 Å². The fraction of sp³-hybridized carbons (Fsp3) is 1.00. The third-order valence-corrected chi connectivity index (χ3v) is 2.15. The molecular weight excluding hydrogens is 193 g/mol. The summed E-state index contributed by atoms with van der Waals surface area (Å²) in [7, 11) is -1.12. The van der Waals surface area contributed by atoms with Crippen molar-refractivity contribution >= 4 is 7.12 Å². The lowest BCUT2D eigenvalue weighted by atomic mass is 9.88. The summed E-state index contributed by atoms with van der Waals surface area (Å²) in [5.41, 5.74) is 5.53. The van der Waals surface area contributed by atoms with Crippen LogP contribution in [0.3, 0.4) is 0 Å². The lowest BCUT2D eigenvalue weighted by Gasteiger charge is -2.23. The lowest BCUT2D eigenvalue weighted by Crippen LogP contribution is -2.37. The summed E-state index contributed by atoms with van der Waals surface area (Å²) < 4.78 is 0. The molecule has 1 rings (SSSR count). The number of hydrogen-bond acceptors (Lipinski definition) is 4. The molecule has 0 aromatic heterocycles. The van der Waals surface area contributed by atoms with E-state index in [1.54, 1.807) is 6.92 Å². The van der Waals surface area contributed by atoms with Crippen molar-refractivity contribution in [1.82, 2.24) is 0 Å². The van der Waals surface area contributed by atoms with Gasteiger partial charge in [-0.1, -0.05) is 33.6 Å². The van der Waals surface area contributed by atoms with Gasteiger partial charge in [0.2, 0.25) is 0 Å². The molecule has 0 aromatic carbocycles. The van der Waals surface area contributed by atoms with E-state index in [1.165, 1.54) is 6.42 Å². The summed E-state index contributed by atoms with van der Waals surface area (Å²) in [6.45, 7) is 5.70. The average Bonchev–Trinajstić information content (AvgIpc) is 2.26. The Morgan fingerprint density at radius 1 is 1.20 bits per heavy atom. The molecule has 1 fully saturated rings. The molecule has 0 aliphatic heterocycles. The smallest absolute Gasteiger partial charge is 0.427 e. The Hall–Kier alpha value is -0.0951. The molecule has 0 unspecified atom stereocenters. The van der Waals surface area contributed by atoms with Crippen molar-refractivity contribution in [3.05, 3.63) is 0 Å². The van der Waals surface area contributed by atoms with E-state index in [9.17, 15) is 0 Å². The molecule has 4 nitrogen and oxygen atoms in total. The predicted octanol–water partition coefficient (Wildman–Crippen LogP) is 0.754. The molecule has 5 heteroatoms. The van der Waals surface area contributed by atoms with Crippen molar-refractivity contribution in [2.45, 2.75) is 64.9 Å².